The molecule has 0 aliphatic carbocycles. The van der Waals surface area contributed by atoms with Crippen molar-refractivity contribution in [2.45, 2.75) is 24.4 Å². The number of nitrogens with zero attached hydrogens (tertiary/aromatic N) is 2. The van der Waals surface area contributed by atoms with Crippen molar-refractivity contribution < 1.29 is 28.2 Å². The van der Waals surface area contributed by atoms with Crippen LogP contribution in [0.25, 0.3) is 0 Å². The molecule has 2 heterocycles. The second-order valence-electron chi connectivity index (χ2n) is 4.12. The summed E-state index contributed by atoms with van der Waals surface area (Å²) in [4.78, 5) is 24.9. The van der Waals surface area contributed by atoms with Crippen LogP contribution >= 0.6 is 0 Å². The number of aliphatic hydroxyl groups excluding tert-OH is 1. The Morgan fingerprint density at radius 1 is 1.65 bits per heavy atom. The molecule has 2 rings (SSSR count). The first-order chi connectivity index (χ1) is 9.37. The minimum absolute atomic E-state index is 0.0402. The van der Waals surface area contributed by atoms with Gasteiger partial charge in [0.15, 0.2) is 6.10 Å². The molecule has 3 N–H and O–H groups in total. The van der Waals surface area contributed by atoms with Gasteiger partial charge >= 0.3 is 11.6 Å². The largest absolute Gasteiger partial charge is 0.465 e. The number of aromatic nitrogens is 2. The zero-order valence-corrected chi connectivity index (χ0v) is 9.98. The predicted molar refractivity (Wildman–Crippen MR) is 59.8 cm³/mol. The van der Waals surface area contributed by atoms with Gasteiger partial charge in [-0.2, -0.15) is 13.8 Å². The number of halogens is 2. The van der Waals surface area contributed by atoms with Gasteiger partial charge in [-0.05, 0) is 6.07 Å². The fraction of sp³-hybridized carbons (Fsp3) is 0.500. The summed E-state index contributed by atoms with van der Waals surface area (Å²) in [5.41, 5.74) is 4.21. The Labute approximate surface area is 110 Å². The second kappa shape index (κ2) is 5.13. The number of carbonyl (C=O) groups is 1. The summed E-state index contributed by atoms with van der Waals surface area (Å²) in [6.45, 7) is -0.521. The van der Waals surface area contributed by atoms with Gasteiger partial charge in [0.05, 0.1) is 0 Å². The van der Waals surface area contributed by atoms with Crippen LogP contribution in [0.5, 0.6) is 0 Å². The predicted octanol–water partition coefficient (Wildman–Crippen LogP) is -1.11. The average Bonchev–Trinajstić information content (AvgIpc) is 2.60. The van der Waals surface area contributed by atoms with Crippen molar-refractivity contribution in [2.24, 2.45) is 0 Å². The number of anilines is 1. The van der Waals surface area contributed by atoms with Gasteiger partial charge in [0.25, 0.3) is 6.47 Å². The molecule has 1 aromatic heterocycles. The lowest BCUT2D eigenvalue weighted by Gasteiger charge is -2.20. The van der Waals surface area contributed by atoms with Crippen LogP contribution in [0, 0.1) is 0 Å². The zero-order valence-electron chi connectivity index (χ0n) is 9.98. The molecule has 3 atom stereocenters. The highest BCUT2D eigenvalue weighted by molar-refractivity contribution is 5.37. The number of rotatable bonds is 4. The molecule has 110 valence electrons. The lowest BCUT2D eigenvalue weighted by molar-refractivity contribution is -0.141. The third kappa shape index (κ3) is 2.34. The van der Waals surface area contributed by atoms with E-state index in [0.717, 1.165) is 12.3 Å². The molecular formula is C10H11F2N3O5. The van der Waals surface area contributed by atoms with Crippen molar-refractivity contribution in [1.82, 2.24) is 9.55 Å². The molecule has 0 saturated carbocycles. The average molecular weight is 291 g/mol. The van der Waals surface area contributed by atoms with Gasteiger partial charge in [-0.3, -0.25) is 9.36 Å². The summed E-state index contributed by atoms with van der Waals surface area (Å²) in [6.07, 6.45) is -4.75. The molecule has 1 aliphatic rings. The van der Waals surface area contributed by atoms with Crippen molar-refractivity contribution in [1.29, 1.82) is 0 Å². The normalized spacial score (nSPS) is 28.2. The number of ether oxygens (including phenoxy) is 2. The Morgan fingerprint density at radius 3 is 2.95 bits per heavy atom. The van der Waals surface area contributed by atoms with Gasteiger partial charge in [0.2, 0.25) is 6.23 Å². The van der Waals surface area contributed by atoms with E-state index in [9.17, 15) is 23.5 Å². The maximum Gasteiger partial charge on any atom is 0.351 e. The Morgan fingerprint density at radius 2 is 2.35 bits per heavy atom. The highest BCUT2D eigenvalue weighted by Gasteiger charge is 2.59. The van der Waals surface area contributed by atoms with E-state index in [-0.39, 0.29) is 12.3 Å². The smallest absolute Gasteiger partial charge is 0.351 e. The molecule has 0 amide bonds. The number of nitrogen functional groups attached to an aromatic ring is 1. The van der Waals surface area contributed by atoms with Crippen LogP contribution in [0.15, 0.2) is 17.1 Å². The lowest BCUT2D eigenvalue weighted by Crippen LogP contribution is -2.42. The molecule has 1 aromatic rings. The molecule has 1 saturated heterocycles. The van der Waals surface area contributed by atoms with Crippen LogP contribution in [0.3, 0.4) is 0 Å². The molecule has 0 bridgehead atoms. The first kappa shape index (κ1) is 14.3. The molecule has 10 heteroatoms. The molecule has 1 aliphatic heterocycles. The fourth-order valence-electron chi connectivity index (χ4n) is 1.84. The second-order valence-corrected chi connectivity index (χ2v) is 4.12. The summed E-state index contributed by atoms with van der Waals surface area (Å²) in [5, 5.41) is 9.49. The summed E-state index contributed by atoms with van der Waals surface area (Å²) >= 11 is 0. The van der Waals surface area contributed by atoms with E-state index in [2.05, 4.69) is 9.72 Å². The SMILES string of the molecule is Nc1ccn(C2OC(COC=O)C(O)C2(F)F)c(=O)n1. The molecule has 0 aromatic carbocycles. The van der Waals surface area contributed by atoms with Crippen LogP contribution in [0.4, 0.5) is 14.6 Å². The van der Waals surface area contributed by atoms with E-state index in [1.54, 1.807) is 0 Å². The van der Waals surface area contributed by atoms with Crippen molar-refractivity contribution >= 4 is 12.3 Å². The van der Waals surface area contributed by atoms with E-state index in [1.165, 1.54) is 0 Å². The fourth-order valence-corrected chi connectivity index (χ4v) is 1.84. The van der Waals surface area contributed by atoms with Crippen LogP contribution in [0.2, 0.25) is 0 Å². The van der Waals surface area contributed by atoms with Crippen molar-refractivity contribution in [3.05, 3.63) is 22.7 Å². The number of hydrogen-bond acceptors (Lipinski definition) is 7. The first-order valence-corrected chi connectivity index (χ1v) is 5.49. The Hall–Kier alpha value is -2.07. The lowest BCUT2D eigenvalue weighted by atomic mass is 10.1. The number of aliphatic hydroxyl groups is 1. The standard InChI is InChI=1S/C10H11F2N3O5/c11-10(12)7(17)5(3-19-4-16)20-8(10)15-2-1-6(13)14-9(15)18/h1-2,4-5,7-8,17H,3H2,(H2,13,14,18). The minimum Gasteiger partial charge on any atom is -0.465 e. The van der Waals surface area contributed by atoms with Gasteiger partial charge < -0.3 is 20.3 Å². The summed E-state index contributed by atoms with van der Waals surface area (Å²) in [6, 6.07) is 1.14. The zero-order chi connectivity index (χ0) is 14.9. The van der Waals surface area contributed by atoms with Crippen LogP contribution in [-0.4, -0.2) is 45.9 Å². The Balaban J connectivity index is 2.31. The van der Waals surface area contributed by atoms with Crippen LogP contribution in [-0.2, 0) is 14.3 Å². The molecule has 0 spiro atoms. The highest BCUT2D eigenvalue weighted by Crippen LogP contribution is 2.42. The molecule has 1 fully saturated rings. The molecule has 3 unspecified atom stereocenters. The molecular weight excluding hydrogens is 280 g/mol. The van der Waals surface area contributed by atoms with Crippen molar-refractivity contribution in [2.75, 3.05) is 12.3 Å². The van der Waals surface area contributed by atoms with E-state index >= 15 is 0 Å². The number of hydrogen-bond donors (Lipinski definition) is 2. The molecule has 8 nitrogen and oxygen atoms in total. The monoisotopic (exact) mass is 291 g/mol. The third-order valence-electron chi connectivity index (χ3n) is 2.81. The quantitative estimate of drug-likeness (QED) is 0.676. The number of carbonyl (C=O) groups excluding carboxylic acids is 1. The number of nitrogens with two attached hydrogens (primary N) is 1. The summed E-state index contributed by atoms with van der Waals surface area (Å²) < 4.78 is 37.5. The Kier molecular flexibility index (Phi) is 3.68. The van der Waals surface area contributed by atoms with Gasteiger partial charge in [-0.25, -0.2) is 4.79 Å². The topological polar surface area (TPSA) is 117 Å². The molecule has 20 heavy (non-hydrogen) atoms. The van der Waals surface area contributed by atoms with E-state index in [0.29, 0.717) is 4.57 Å². The maximum atomic E-state index is 13.9. The van der Waals surface area contributed by atoms with Crippen molar-refractivity contribution in [3.63, 3.8) is 0 Å². The first-order valence-electron chi connectivity index (χ1n) is 5.49. The Bertz CT molecular complexity index is 564. The highest BCUT2D eigenvalue weighted by atomic mass is 19.3. The summed E-state index contributed by atoms with van der Waals surface area (Å²) in [5.74, 6) is -3.88. The molecule has 0 radical (unpaired) electrons. The van der Waals surface area contributed by atoms with E-state index < -0.39 is 36.7 Å². The van der Waals surface area contributed by atoms with Crippen molar-refractivity contribution in [3.8, 4) is 0 Å². The van der Waals surface area contributed by atoms with Gasteiger partial charge in [0.1, 0.15) is 18.5 Å². The maximum absolute atomic E-state index is 13.9. The van der Waals surface area contributed by atoms with Crippen LogP contribution in [0.1, 0.15) is 6.23 Å². The summed E-state index contributed by atoms with van der Waals surface area (Å²) in [7, 11) is 0. The van der Waals surface area contributed by atoms with Gasteiger partial charge in [-0.15, -0.1) is 0 Å². The van der Waals surface area contributed by atoms with Gasteiger partial charge in [-0.1, -0.05) is 0 Å². The van der Waals surface area contributed by atoms with Gasteiger partial charge in [0, 0.05) is 6.20 Å². The number of alkyl halides is 2. The van der Waals surface area contributed by atoms with E-state index in [4.69, 9.17) is 10.5 Å². The van der Waals surface area contributed by atoms with E-state index in [1.807, 2.05) is 0 Å². The minimum atomic E-state index is -3.75. The third-order valence-corrected chi connectivity index (χ3v) is 2.81. The van der Waals surface area contributed by atoms with Crippen LogP contribution < -0.4 is 11.4 Å².